The quantitative estimate of drug-likeness (QED) is 0.393. The number of nitrogens with zero attached hydrogens (tertiary/aromatic N) is 2. The first-order valence-corrected chi connectivity index (χ1v) is 9.02. The van der Waals surface area contributed by atoms with Gasteiger partial charge in [-0.25, -0.2) is 0 Å². The summed E-state index contributed by atoms with van der Waals surface area (Å²) in [5, 5.41) is 6.09. The smallest absolute Gasteiger partial charge is 0.401 e. The van der Waals surface area contributed by atoms with Gasteiger partial charge in [-0.05, 0) is 18.6 Å². The van der Waals surface area contributed by atoms with Gasteiger partial charge in [0.2, 0.25) is 0 Å². The van der Waals surface area contributed by atoms with E-state index in [0.29, 0.717) is 18.9 Å². The van der Waals surface area contributed by atoms with Crippen LogP contribution >= 0.6 is 23.2 Å². The summed E-state index contributed by atoms with van der Waals surface area (Å²) < 4.78 is 67.1. The number of halogens is 7. The molecule has 1 heterocycles. The molecule has 158 valence electrons. The molecule has 0 aromatic heterocycles. The summed E-state index contributed by atoms with van der Waals surface area (Å²) in [4.78, 5) is 5.30. The zero-order chi connectivity index (χ0) is 20.9. The second kappa shape index (κ2) is 9.80. The van der Waals surface area contributed by atoms with Crippen molar-refractivity contribution in [1.82, 2.24) is 15.5 Å². The van der Waals surface area contributed by atoms with E-state index in [4.69, 9.17) is 23.2 Å². The lowest BCUT2D eigenvalue weighted by atomic mass is 10.2. The number of ether oxygens (including phenoxy) is 1. The fourth-order valence-corrected chi connectivity index (χ4v) is 3.46. The van der Waals surface area contributed by atoms with Crippen LogP contribution in [-0.2, 0) is 6.54 Å². The van der Waals surface area contributed by atoms with Crippen LogP contribution in [0.5, 0.6) is 5.75 Å². The van der Waals surface area contributed by atoms with Gasteiger partial charge in [0.05, 0.1) is 11.6 Å². The topological polar surface area (TPSA) is 48.9 Å². The van der Waals surface area contributed by atoms with Crippen LogP contribution in [0.4, 0.5) is 22.0 Å². The molecule has 1 aromatic rings. The zero-order valence-corrected chi connectivity index (χ0v) is 16.3. The van der Waals surface area contributed by atoms with Crippen molar-refractivity contribution >= 4 is 29.2 Å². The number of rotatable bonds is 6. The molecule has 0 saturated carbocycles. The Hall–Kier alpha value is -1.52. The van der Waals surface area contributed by atoms with E-state index in [1.54, 1.807) is 0 Å². The summed E-state index contributed by atoms with van der Waals surface area (Å²) in [5.41, 5.74) is 0.283. The van der Waals surface area contributed by atoms with Gasteiger partial charge in [0, 0.05) is 43.3 Å². The summed E-state index contributed by atoms with van der Waals surface area (Å²) in [6.45, 7) is -3.49. The lowest BCUT2D eigenvalue weighted by Crippen LogP contribution is -2.45. The Labute approximate surface area is 168 Å². The Balaban J connectivity index is 1.96. The molecule has 1 aliphatic heterocycles. The molecule has 1 aromatic carbocycles. The fraction of sp³-hybridized carbons (Fsp3) is 0.562. The van der Waals surface area contributed by atoms with Crippen LogP contribution in [0.25, 0.3) is 0 Å². The van der Waals surface area contributed by atoms with E-state index < -0.39 is 19.3 Å². The number of hydrogen-bond donors (Lipinski definition) is 2. The van der Waals surface area contributed by atoms with Crippen molar-refractivity contribution in [1.29, 1.82) is 0 Å². The molecule has 28 heavy (non-hydrogen) atoms. The average molecular weight is 449 g/mol. The molecule has 2 N–H and O–H groups in total. The second-order valence-corrected chi connectivity index (χ2v) is 7.00. The molecule has 5 nitrogen and oxygen atoms in total. The molecule has 0 bridgehead atoms. The molecule has 0 radical (unpaired) electrons. The first-order chi connectivity index (χ1) is 13.1. The Morgan fingerprint density at radius 2 is 2.07 bits per heavy atom. The van der Waals surface area contributed by atoms with Gasteiger partial charge >= 0.3 is 12.8 Å². The molecule has 0 spiro atoms. The molecular weight excluding hydrogens is 430 g/mol. The highest BCUT2D eigenvalue weighted by Gasteiger charge is 2.34. The highest BCUT2D eigenvalue weighted by atomic mass is 35.5. The van der Waals surface area contributed by atoms with Gasteiger partial charge in [-0.15, -0.1) is 0 Å². The van der Waals surface area contributed by atoms with Crippen LogP contribution in [0.1, 0.15) is 12.0 Å². The highest BCUT2D eigenvalue weighted by molar-refractivity contribution is 6.35. The van der Waals surface area contributed by atoms with Crippen molar-refractivity contribution in [3.05, 3.63) is 27.7 Å². The lowest BCUT2D eigenvalue weighted by Gasteiger charge is -2.20. The molecular formula is C16H19Cl2F5N4O. The molecule has 12 heteroatoms. The summed E-state index contributed by atoms with van der Waals surface area (Å²) in [6.07, 6.45) is -3.73. The van der Waals surface area contributed by atoms with Crippen LogP contribution in [-0.4, -0.2) is 56.4 Å². The van der Waals surface area contributed by atoms with E-state index in [9.17, 15) is 22.0 Å². The van der Waals surface area contributed by atoms with Crippen molar-refractivity contribution in [2.75, 3.05) is 26.7 Å². The minimum atomic E-state index is -4.25. The molecule has 1 saturated heterocycles. The van der Waals surface area contributed by atoms with E-state index in [-0.39, 0.29) is 40.5 Å². The summed E-state index contributed by atoms with van der Waals surface area (Å²) >= 11 is 11.8. The highest BCUT2D eigenvalue weighted by Crippen LogP contribution is 2.33. The Bertz CT molecular complexity index is 702. The van der Waals surface area contributed by atoms with Crippen molar-refractivity contribution in [3.8, 4) is 5.75 Å². The molecule has 1 unspecified atom stereocenters. The number of nitrogens with one attached hydrogen (secondary N) is 2. The van der Waals surface area contributed by atoms with Crippen LogP contribution < -0.4 is 15.4 Å². The Kier molecular flexibility index (Phi) is 7.97. The van der Waals surface area contributed by atoms with Crippen LogP contribution in [0.15, 0.2) is 17.1 Å². The number of benzene rings is 1. The third kappa shape index (κ3) is 7.14. The van der Waals surface area contributed by atoms with Gasteiger partial charge in [0.1, 0.15) is 5.75 Å². The SMILES string of the molecule is CN=C(NCc1cc(Cl)cc(Cl)c1OC(F)F)NC1CCN(CC(F)(F)F)C1. The first kappa shape index (κ1) is 22.8. The first-order valence-electron chi connectivity index (χ1n) is 8.26. The summed E-state index contributed by atoms with van der Waals surface area (Å²) in [7, 11) is 1.49. The monoisotopic (exact) mass is 448 g/mol. The van der Waals surface area contributed by atoms with E-state index in [2.05, 4.69) is 20.4 Å². The van der Waals surface area contributed by atoms with Crippen molar-refractivity contribution in [3.63, 3.8) is 0 Å². The van der Waals surface area contributed by atoms with Crippen LogP contribution in [0.3, 0.4) is 0 Å². The molecule has 2 rings (SSSR count). The molecule has 1 fully saturated rings. The summed E-state index contributed by atoms with van der Waals surface area (Å²) in [5.74, 6) is 0.0965. The zero-order valence-electron chi connectivity index (χ0n) is 14.8. The maximum Gasteiger partial charge on any atom is 0.401 e. The number of hydrogen-bond acceptors (Lipinski definition) is 3. The maximum atomic E-state index is 12.6. The Morgan fingerprint density at radius 3 is 2.68 bits per heavy atom. The maximum absolute atomic E-state index is 12.6. The van der Waals surface area contributed by atoms with Crippen LogP contribution in [0.2, 0.25) is 10.0 Å². The van der Waals surface area contributed by atoms with E-state index in [1.165, 1.54) is 24.1 Å². The molecule has 0 aliphatic carbocycles. The second-order valence-electron chi connectivity index (χ2n) is 6.16. The lowest BCUT2D eigenvalue weighted by molar-refractivity contribution is -0.143. The number of aliphatic imine (C=N–C) groups is 1. The third-order valence-corrected chi connectivity index (χ3v) is 4.48. The molecule has 1 atom stereocenters. The standard InChI is InChI=1S/C16H19Cl2F5N4O/c1-24-15(26-11-2-3-27(7-11)8-16(21,22)23)25-6-9-4-10(17)5-12(18)13(9)28-14(19)20/h4-5,11,14H,2-3,6-8H2,1H3,(H2,24,25,26). The normalized spacial score (nSPS) is 18.6. The molecule has 0 amide bonds. The van der Waals surface area contributed by atoms with Gasteiger partial charge in [0.15, 0.2) is 5.96 Å². The largest absolute Gasteiger partial charge is 0.433 e. The minimum absolute atomic E-state index is 0.0149. The van der Waals surface area contributed by atoms with E-state index in [1.807, 2.05) is 0 Å². The molecule has 1 aliphatic rings. The minimum Gasteiger partial charge on any atom is -0.433 e. The third-order valence-electron chi connectivity index (χ3n) is 3.98. The van der Waals surface area contributed by atoms with Gasteiger partial charge in [-0.1, -0.05) is 23.2 Å². The van der Waals surface area contributed by atoms with Gasteiger partial charge < -0.3 is 15.4 Å². The number of alkyl halides is 5. The fourth-order valence-electron chi connectivity index (χ4n) is 2.88. The summed E-state index contributed by atoms with van der Waals surface area (Å²) in [6, 6.07) is 2.48. The van der Waals surface area contributed by atoms with E-state index in [0.717, 1.165) is 0 Å². The van der Waals surface area contributed by atoms with Gasteiger partial charge in [-0.2, -0.15) is 22.0 Å². The number of guanidine groups is 1. The average Bonchev–Trinajstić information content (AvgIpc) is 2.98. The van der Waals surface area contributed by atoms with Crippen molar-refractivity contribution in [2.24, 2.45) is 4.99 Å². The van der Waals surface area contributed by atoms with Gasteiger partial charge in [-0.3, -0.25) is 9.89 Å². The van der Waals surface area contributed by atoms with Crippen molar-refractivity contribution < 1.29 is 26.7 Å². The van der Waals surface area contributed by atoms with Gasteiger partial charge in [0.25, 0.3) is 0 Å². The van der Waals surface area contributed by atoms with Crippen molar-refractivity contribution in [2.45, 2.75) is 31.8 Å². The van der Waals surface area contributed by atoms with E-state index >= 15 is 0 Å². The predicted octanol–water partition coefficient (Wildman–Crippen LogP) is 3.90. The Morgan fingerprint density at radius 1 is 1.36 bits per heavy atom. The van der Waals surface area contributed by atoms with Crippen LogP contribution in [0, 0.1) is 0 Å². The number of likely N-dealkylation sites (tertiary alicyclic amines) is 1. The predicted molar refractivity (Wildman–Crippen MR) is 97.3 cm³/mol.